The molecule has 0 aromatic heterocycles. The number of hydrogen-bond donors (Lipinski definition) is 1. The summed E-state index contributed by atoms with van der Waals surface area (Å²) < 4.78 is 5.63. The van der Waals surface area contributed by atoms with Crippen molar-refractivity contribution in [3.05, 3.63) is 35.4 Å². The standard InChI is InChI=1S/C14H20N2O2/c1-10-8-16(9-11(2)18-10)14(17)13-5-3-4-12(6-13)7-15/h3-6,10-11H,7-9,15H2,1-2H3. The SMILES string of the molecule is CC1CN(C(=O)c2cccc(CN)c2)CC(C)O1. The topological polar surface area (TPSA) is 55.6 Å². The van der Waals surface area contributed by atoms with Gasteiger partial charge in [-0.25, -0.2) is 0 Å². The van der Waals surface area contributed by atoms with Crippen molar-refractivity contribution >= 4 is 5.91 Å². The first-order chi connectivity index (χ1) is 8.60. The van der Waals surface area contributed by atoms with E-state index in [1.54, 1.807) is 0 Å². The van der Waals surface area contributed by atoms with Gasteiger partial charge in [-0.15, -0.1) is 0 Å². The first-order valence-corrected chi connectivity index (χ1v) is 6.34. The summed E-state index contributed by atoms with van der Waals surface area (Å²) in [5.74, 6) is 0.0623. The summed E-state index contributed by atoms with van der Waals surface area (Å²) in [7, 11) is 0. The van der Waals surface area contributed by atoms with Crippen LogP contribution in [0.25, 0.3) is 0 Å². The monoisotopic (exact) mass is 248 g/mol. The van der Waals surface area contributed by atoms with E-state index in [0.717, 1.165) is 5.56 Å². The Hall–Kier alpha value is -1.39. The summed E-state index contributed by atoms with van der Waals surface area (Å²) in [6.07, 6.45) is 0.186. The van der Waals surface area contributed by atoms with Crippen LogP contribution in [0.2, 0.25) is 0 Å². The quantitative estimate of drug-likeness (QED) is 0.860. The molecule has 2 N–H and O–H groups in total. The van der Waals surface area contributed by atoms with Crippen LogP contribution in [-0.4, -0.2) is 36.1 Å². The lowest BCUT2D eigenvalue weighted by atomic mass is 10.1. The molecule has 18 heavy (non-hydrogen) atoms. The fourth-order valence-electron chi connectivity index (χ4n) is 2.36. The fraction of sp³-hybridized carbons (Fsp3) is 0.500. The molecule has 0 aliphatic carbocycles. The van der Waals surface area contributed by atoms with E-state index < -0.39 is 0 Å². The van der Waals surface area contributed by atoms with Gasteiger partial charge in [0.1, 0.15) is 0 Å². The Morgan fingerprint density at radius 3 is 2.67 bits per heavy atom. The van der Waals surface area contributed by atoms with Crippen LogP contribution in [0.15, 0.2) is 24.3 Å². The van der Waals surface area contributed by atoms with Gasteiger partial charge in [-0.05, 0) is 31.5 Å². The number of carbonyl (C=O) groups is 1. The van der Waals surface area contributed by atoms with Crippen molar-refractivity contribution in [2.75, 3.05) is 13.1 Å². The molecule has 2 atom stereocenters. The Bertz CT molecular complexity index is 424. The molecule has 98 valence electrons. The normalized spacial score (nSPS) is 24.1. The molecule has 0 radical (unpaired) electrons. The van der Waals surface area contributed by atoms with Crippen molar-refractivity contribution in [3.8, 4) is 0 Å². The molecular weight excluding hydrogens is 228 g/mol. The van der Waals surface area contributed by atoms with E-state index in [1.807, 2.05) is 43.0 Å². The Labute approximate surface area is 108 Å². The zero-order valence-corrected chi connectivity index (χ0v) is 10.9. The van der Waals surface area contributed by atoms with Crippen molar-refractivity contribution in [1.29, 1.82) is 0 Å². The number of ether oxygens (including phenoxy) is 1. The Kier molecular flexibility index (Phi) is 3.99. The highest BCUT2D eigenvalue weighted by Crippen LogP contribution is 2.15. The summed E-state index contributed by atoms with van der Waals surface area (Å²) in [4.78, 5) is 14.2. The number of amides is 1. The van der Waals surface area contributed by atoms with Gasteiger partial charge in [0.05, 0.1) is 12.2 Å². The largest absolute Gasteiger partial charge is 0.372 e. The van der Waals surface area contributed by atoms with Crippen LogP contribution in [-0.2, 0) is 11.3 Å². The molecule has 0 spiro atoms. The lowest BCUT2D eigenvalue weighted by Crippen LogP contribution is -2.48. The predicted octanol–water partition coefficient (Wildman–Crippen LogP) is 1.39. The van der Waals surface area contributed by atoms with E-state index in [9.17, 15) is 4.79 Å². The van der Waals surface area contributed by atoms with Gasteiger partial charge in [0.25, 0.3) is 5.91 Å². The van der Waals surface area contributed by atoms with Crippen LogP contribution in [0.5, 0.6) is 0 Å². The molecule has 1 aliphatic heterocycles. The van der Waals surface area contributed by atoms with Crippen molar-refractivity contribution in [2.45, 2.75) is 32.6 Å². The molecule has 2 rings (SSSR count). The van der Waals surface area contributed by atoms with Crippen LogP contribution in [0.4, 0.5) is 0 Å². The summed E-state index contributed by atoms with van der Waals surface area (Å²) in [6.45, 7) is 5.74. The lowest BCUT2D eigenvalue weighted by Gasteiger charge is -2.35. The third-order valence-electron chi connectivity index (χ3n) is 3.12. The van der Waals surface area contributed by atoms with Crippen molar-refractivity contribution < 1.29 is 9.53 Å². The highest BCUT2D eigenvalue weighted by molar-refractivity contribution is 5.94. The lowest BCUT2D eigenvalue weighted by molar-refractivity contribution is -0.0586. The minimum absolute atomic E-state index is 0.0623. The zero-order valence-electron chi connectivity index (χ0n) is 10.9. The van der Waals surface area contributed by atoms with Crippen molar-refractivity contribution in [3.63, 3.8) is 0 Å². The van der Waals surface area contributed by atoms with Gasteiger partial charge in [-0.1, -0.05) is 12.1 Å². The molecule has 4 heteroatoms. The van der Waals surface area contributed by atoms with Crippen LogP contribution >= 0.6 is 0 Å². The van der Waals surface area contributed by atoms with Gasteiger partial charge >= 0.3 is 0 Å². The molecule has 1 aliphatic rings. The molecule has 1 fully saturated rings. The highest BCUT2D eigenvalue weighted by atomic mass is 16.5. The molecule has 1 aromatic rings. The van der Waals surface area contributed by atoms with Crippen molar-refractivity contribution in [2.24, 2.45) is 5.73 Å². The second-order valence-corrected chi connectivity index (χ2v) is 4.87. The summed E-state index contributed by atoms with van der Waals surface area (Å²) >= 11 is 0. The number of rotatable bonds is 2. The van der Waals surface area contributed by atoms with Crippen LogP contribution in [0.3, 0.4) is 0 Å². The molecule has 1 saturated heterocycles. The average molecular weight is 248 g/mol. The molecular formula is C14H20N2O2. The number of nitrogens with zero attached hydrogens (tertiary/aromatic N) is 1. The van der Waals surface area contributed by atoms with Gasteiger partial charge in [-0.3, -0.25) is 4.79 Å². The number of hydrogen-bond acceptors (Lipinski definition) is 3. The maximum atomic E-state index is 12.4. The molecule has 4 nitrogen and oxygen atoms in total. The molecule has 2 unspecified atom stereocenters. The predicted molar refractivity (Wildman–Crippen MR) is 70.2 cm³/mol. The van der Waals surface area contributed by atoms with Gasteiger partial charge in [-0.2, -0.15) is 0 Å². The summed E-state index contributed by atoms with van der Waals surface area (Å²) in [5.41, 5.74) is 7.29. The average Bonchev–Trinajstić information content (AvgIpc) is 2.37. The van der Waals surface area contributed by atoms with Gasteiger partial charge < -0.3 is 15.4 Å². The molecule has 1 amide bonds. The summed E-state index contributed by atoms with van der Waals surface area (Å²) in [5, 5.41) is 0. The van der Waals surface area contributed by atoms with Gasteiger partial charge in [0.2, 0.25) is 0 Å². The molecule has 1 heterocycles. The van der Waals surface area contributed by atoms with E-state index in [4.69, 9.17) is 10.5 Å². The Balaban J connectivity index is 2.14. The minimum Gasteiger partial charge on any atom is -0.372 e. The number of morpholine rings is 1. The van der Waals surface area contributed by atoms with E-state index in [0.29, 0.717) is 25.2 Å². The smallest absolute Gasteiger partial charge is 0.254 e. The second kappa shape index (κ2) is 5.50. The molecule has 0 bridgehead atoms. The van der Waals surface area contributed by atoms with Gasteiger partial charge in [0.15, 0.2) is 0 Å². The van der Waals surface area contributed by atoms with E-state index in [1.165, 1.54) is 0 Å². The van der Waals surface area contributed by atoms with Crippen molar-refractivity contribution in [1.82, 2.24) is 4.90 Å². The number of benzene rings is 1. The van der Waals surface area contributed by atoms with E-state index >= 15 is 0 Å². The first-order valence-electron chi connectivity index (χ1n) is 6.34. The molecule has 1 aromatic carbocycles. The summed E-state index contributed by atoms with van der Waals surface area (Å²) in [6, 6.07) is 7.52. The maximum absolute atomic E-state index is 12.4. The maximum Gasteiger partial charge on any atom is 0.254 e. The third-order valence-corrected chi connectivity index (χ3v) is 3.12. The third kappa shape index (κ3) is 2.89. The highest BCUT2D eigenvalue weighted by Gasteiger charge is 2.26. The van der Waals surface area contributed by atoms with E-state index in [-0.39, 0.29) is 18.1 Å². The van der Waals surface area contributed by atoms with Crippen LogP contribution in [0.1, 0.15) is 29.8 Å². The number of nitrogens with two attached hydrogens (primary N) is 1. The second-order valence-electron chi connectivity index (χ2n) is 4.87. The molecule has 0 saturated carbocycles. The fourth-order valence-corrected chi connectivity index (χ4v) is 2.36. The van der Waals surface area contributed by atoms with Crippen LogP contribution < -0.4 is 5.73 Å². The van der Waals surface area contributed by atoms with E-state index in [2.05, 4.69) is 0 Å². The van der Waals surface area contributed by atoms with Crippen LogP contribution in [0, 0.1) is 0 Å². The van der Waals surface area contributed by atoms with Gasteiger partial charge in [0, 0.05) is 25.2 Å². The Morgan fingerprint density at radius 1 is 1.39 bits per heavy atom. The Morgan fingerprint density at radius 2 is 2.06 bits per heavy atom. The number of carbonyl (C=O) groups excluding carboxylic acids is 1. The minimum atomic E-state index is 0.0623. The zero-order chi connectivity index (χ0) is 13.1. The first kappa shape index (κ1) is 13.1.